The number of anilines is 1. The fourth-order valence-corrected chi connectivity index (χ4v) is 6.03. The normalized spacial score (nSPS) is 14.5. The van der Waals surface area contributed by atoms with Crippen LogP contribution in [-0.4, -0.2) is 43.3 Å². The zero-order chi connectivity index (χ0) is 24.9. The zero-order valence-electron chi connectivity index (χ0n) is 21.3. The maximum Gasteiger partial charge on any atom is 0.319 e. The molecule has 3 heterocycles. The third-order valence-electron chi connectivity index (χ3n) is 6.45. The monoisotopic (exact) mass is 496 g/mol. The first-order chi connectivity index (χ1) is 16.9. The summed E-state index contributed by atoms with van der Waals surface area (Å²) in [5.41, 5.74) is 3.26. The van der Waals surface area contributed by atoms with Gasteiger partial charge >= 0.3 is 6.03 Å². The predicted molar refractivity (Wildman–Crippen MR) is 142 cm³/mol. The summed E-state index contributed by atoms with van der Waals surface area (Å²) in [6.45, 7) is 6.42. The van der Waals surface area contributed by atoms with Gasteiger partial charge in [-0.15, -0.1) is 11.3 Å². The average molecular weight is 497 g/mol. The van der Waals surface area contributed by atoms with Crippen molar-refractivity contribution in [1.29, 1.82) is 0 Å². The van der Waals surface area contributed by atoms with Gasteiger partial charge in [0.2, 0.25) is 0 Å². The second-order valence-corrected chi connectivity index (χ2v) is 10.6. The number of benzene rings is 1. The highest BCUT2D eigenvalue weighted by atomic mass is 32.1. The van der Waals surface area contributed by atoms with Crippen LogP contribution in [-0.2, 0) is 13.0 Å². The van der Waals surface area contributed by atoms with Crippen molar-refractivity contribution in [1.82, 2.24) is 14.8 Å². The number of urea groups is 1. The van der Waals surface area contributed by atoms with Crippen molar-refractivity contribution < 1.29 is 14.3 Å². The molecular formula is C27H36N4O3S. The van der Waals surface area contributed by atoms with Crippen molar-refractivity contribution in [2.45, 2.75) is 45.7 Å². The van der Waals surface area contributed by atoms with Crippen LogP contribution in [0.2, 0.25) is 0 Å². The number of nitrogens with one attached hydrogen (secondary N) is 2. The molecule has 1 aliphatic rings. The molecule has 0 aliphatic carbocycles. The first-order valence-corrected chi connectivity index (χ1v) is 13.0. The Morgan fingerprint density at radius 1 is 1.14 bits per heavy atom. The van der Waals surface area contributed by atoms with Gasteiger partial charge in [0.1, 0.15) is 16.5 Å². The Kier molecular flexibility index (Phi) is 8.03. The number of aromatic nitrogens is 1. The first-order valence-electron chi connectivity index (χ1n) is 12.2. The molecule has 0 spiro atoms. The molecule has 0 fully saturated rings. The van der Waals surface area contributed by atoms with Crippen molar-refractivity contribution in [2.24, 2.45) is 5.92 Å². The topological polar surface area (TPSA) is 67.8 Å². The van der Waals surface area contributed by atoms with Gasteiger partial charge in [0.05, 0.1) is 25.9 Å². The lowest BCUT2D eigenvalue weighted by Gasteiger charge is -2.26. The molecule has 4 rings (SSSR count). The number of ether oxygens (including phenoxy) is 2. The van der Waals surface area contributed by atoms with Crippen LogP contribution in [0.15, 0.2) is 42.7 Å². The van der Waals surface area contributed by atoms with Crippen molar-refractivity contribution in [3.8, 4) is 16.5 Å². The number of hydrogen-bond acceptors (Lipinski definition) is 5. The number of rotatable bonds is 9. The van der Waals surface area contributed by atoms with Crippen LogP contribution < -0.4 is 20.1 Å². The molecule has 2 N–H and O–H groups in total. The Morgan fingerprint density at radius 3 is 2.60 bits per heavy atom. The van der Waals surface area contributed by atoms with Crippen LogP contribution in [0, 0.1) is 5.92 Å². The zero-order valence-corrected chi connectivity index (χ0v) is 22.1. The molecule has 7 nitrogen and oxygen atoms in total. The Hall–Kier alpha value is -2.97. The number of carbonyl (C=O) groups is 1. The number of hydrogen-bond donors (Lipinski definition) is 2. The van der Waals surface area contributed by atoms with E-state index in [1.54, 1.807) is 26.4 Å². The molecule has 188 valence electrons. The van der Waals surface area contributed by atoms with E-state index in [1.807, 2.05) is 29.5 Å². The van der Waals surface area contributed by atoms with Crippen LogP contribution in [0.5, 0.6) is 11.5 Å². The van der Waals surface area contributed by atoms with E-state index >= 15 is 0 Å². The van der Waals surface area contributed by atoms with E-state index in [9.17, 15) is 4.79 Å². The molecule has 2 aromatic heterocycles. The molecule has 0 saturated carbocycles. The lowest BCUT2D eigenvalue weighted by Crippen LogP contribution is -2.34. The summed E-state index contributed by atoms with van der Waals surface area (Å²) in [4.78, 5) is 17.0. The van der Waals surface area contributed by atoms with E-state index in [0.29, 0.717) is 23.1 Å². The minimum Gasteiger partial charge on any atom is -0.497 e. The maximum atomic E-state index is 13.3. The summed E-state index contributed by atoms with van der Waals surface area (Å²) < 4.78 is 12.9. The number of methoxy groups -OCH3 is 2. The predicted octanol–water partition coefficient (Wildman–Crippen LogP) is 5.84. The van der Waals surface area contributed by atoms with Crippen LogP contribution >= 0.6 is 11.3 Å². The number of carbonyl (C=O) groups excluding carboxylic acids is 1. The molecule has 1 aromatic carbocycles. The summed E-state index contributed by atoms with van der Waals surface area (Å²) in [7, 11) is 5.36. The number of fused-ring (bicyclic) bond motifs is 1. The summed E-state index contributed by atoms with van der Waals surface area (Å²) in [6.07, 6.45) is 7.07. The average Bonchev–Trinajstić information content (AvgIpc) is 3.49. The third kappa shape index (κ3) is 5.82. The van der Waals surface area contributed by atoms with Crippen molar-refractivity contribution in [3.05, 3.63) is 58.7 Å². The van der Waals surface area contributed by atoms with Crippen LogP contribution in [0.25, 0.3) is 5.00 Å². The molecule has 0 bridgehead atoms. The van der Waals surface area contributed by atoms with Crippen molar-refractivity contribution in [2.75, 3.05) is 33.1 Å². The van der Waals surface area contributed by atoms with Gasteiger partial charge in [-0.1, -0.05) is 13.8 Å². The standard InChI is InChI=1S/C27H36N4O3S/c1-18(2)8-10-22(29-27(32)28-21-11-9-19(33-4)16-23(21)34-5)25-20-12-15-30(3)17-24(20)35-26(25)31-13-6-7-14-31/h6-7,9,11,13-14,16,18,22H,8,10,12,15,17H2,1-5H3,(H2,28,29,32)/t22-/m0/s1. The molecule has 2 amide bonds. The van der Waals surface area contributed by atoms with E-state index < -0.39 is 0 Å². The lowest BCUT2D eigenvalue weighted by atomic mass is 9.92. The number of nitrogens with zero attached hydrogens (tertiary/aromatic N) is 2. The smallest absolute Gasteiger partial charge is 0.319 e. The molecule has 0 radical (unpaired) electrons. The van der Waals surface area contributed by atoms with Gasteiger partial charge in [0.25, 0.3) is 0 Å². The molecule has 3 aromatic rings. The van der Waals surface area contributed by atoms with Gasteiger partial charge < -0.3 is 29.6 Å². The van der Waals surface area contributed by atoms with Gasteiger partial charge in [-0.05, 0) is 62.1 Å². The van der Waals surface area contributed by atoms with Gasteiger partial charge in [0.15, 0.2) is 0 Å². The van der Waals surface area contributed by atoms with E-state index in [1.165, 1.54) is 21.0 Å². The molecular weight excluding hydrogens is 460 g/mol. The highest BCUT2D eigenvalue weighted by Gasteiger charge is 2.29. The minimum absolute atomic E-state index is 0.0950. The van der Waals surface area contributed by atoms with Crippen LogP contribution in [0.1, 0.15) is 48.7 Å². The molecule has 35 heavy (non-hydrogen) atoms. The number of thiophene rings is 1. The fourth-order valence-electron chi connectivity index (χ4n) is 4.57. The minimum atomic E-state index is -0.242. The quantitative estimate of drug-likeness (QED) is 0.390. The molecule has 1 aliphatic heterocycles. The van der Waals surface area contributed by atoms with Gasteiger partial charge in [0, 0.05) is 42.0 Å². The molecule has 1 atom stereocenters. The van der Waals surface area contributed by atoms with Crippen LogP contribution in [0.4, 0.5) is 10.5 Å². The van der Waals surface area contributed by atoms with Crippen LogP contribution in [0.3, 0.4) is 0 Å². The number of amides is 2. The molecule has 8 heteroatoms. The van der Waals surface area contributed by atoms with E-state index in [4.69, 9.17) is 9.47 Å². The van der Waals surface area contributed by atoms with E-state index in [-0.39, 0.29) is 12.1 Å². The van der Waals surface area contributed by atoms with Crippen molar-refractivity contribution >= 4 is 23.1 Å². The SMILES string of the molecule is COc1ccc(NC(=O)N[C@@H](CCC(C)C)c2c(-n3cccc3)sc3c2CCN(C)C3)c(OC)c1. The maximum absolute atomic E-state index is 13.3. The Labute approximate surface area is 212 Å². The summed E-state index contributed by atoms with van der Waals surface area (Å²) in [5.74, 6) is 1.77. The Morgan fingerprint density at radius 2 is 1.91 bits per heavy atom. The Bertz CT molecular complexity index is 1140. The number of likely N-dealkylation sites (N-methyl/N-ethyl adjacent to an activating group) is 1. The fraction of sp³-hybridized carbons (Fsp3) is 0.444. The van der Waals surface area contributed by atoms with Gasteiger partial charge in [-0.25, -0.2) is 4.79 Å². The molecule has 0 saturated heterocycles. The second-order valence-electron chi connectivity index (χ2n) is 9.49. The summed E-state index contributed by atoms with van der Waals surface area (Å²) in [6, 6.07) is 9.14. The summed E-state index contributed by atoms with van der Waals surface area (Å²) >= 11 is 1.84. The van der Waals surface area contributed by atoms with E-state index in [0.717, 1.165) is 32.4 Å². The van der Waals surface area contributed by atoms with Gasteiger partial charge in [-0.3, -0.25) is 0 Å². The second kappa shape index (κ2) is 11.2. The lowest BCUT2D eigenvalue weighted by molar-refractivity contribution is 0.247. The summed E-state index contributed by atoms with van der Waals surface area (Å²) in [5, 5.41) is 7.50. The van der Waals surface area contributed by atoms with Crippen molar-refractivity contribution in [3.63, 3.8) is 0 Å². The van der Waals surface area contributed by atoms with Gasteiger partial charge in [-0.2, -0.15) is 0 Å². The largest absolute Gasteiger partial charge is 0.497 e. The first kappa shape index (κ1) is 25.1. The van der Waals surface area contributed by atoms with E-state index in [2.05, 4.69) is 53.4 Å². The Balaban J connectivity index is 1.66. The highest BCUT2D eigenvalue weighted by molar-refractivity contribution is 7.15. The highest BCUT2D eigenvalue weighted by Crippen LogP contribution is 2.41. The third-order valence-corrected chi connectivity index (χ3v) is 7.70. The molecule has 0 unspecified atom stereocenters.